The fraction of sp³-hybridized carbons (Fsp3) is 0. The van der Waals surface area contributed by atoms with Crippen molar-refractivity contribution in [1.82, 2.24) is 0 Å². The Morgan fingerprint density at radius 2 is 1.14 bits per heavy atom. The summed E-state index contributed by atoms with van der Waals surface area (Å²) in [6.45, 7) is 0. The van der Waals surface area contributed by atoms with Gasteiger partial charge in [0.25, 0.3) is 0 Å². The Morgan fingerprint density at radius 3 is 1.14 bits per heavy atom. The average molecular weight is 328 g/mol. The van der Waals surface area contributed by atoms with Crippen LogP contribution in [0.25, 0.3) is 0 Å². The van der Waals surface area contributed by atoms with E-state index < -0.39 is 10.4 Å². The van der Waals surface area contributed by atoms with Crippen LogP contribution < -0.4 is 0 Å². The molecule has 5 nitrogen and oxygen atoms in total. The predicted octanol–water partition coefficient (Wildman–Crippen LogP) is -2.66. The minimum atomic E-state index is -4.67. The summed E-state index contributed by atoms with van der Waals surface area (Å²) >= 11 is 0. The molecule has 0 unspecified atom stereocenters. The van der Waals surface area contributed by atoms with Gasteiger partial charge < -0.3 is 5.48 Å². The van der Waals surface area contributed by atoms with Gasteiger partial charge in [0.15, 0.2) is 0 Å². The van der Waals surface area contributed by atoms with E-state index in [-0.39, 0.29) is 31.7 Å². The van der Waals surface area contributed by atoms with Gasteiger partial charge in [0.2, 0.25) is 0 Å². The van der Waals surface area contributed by atoms with Crippen molar-refractivity contribution in [3.63, 3.8) is 0 Å². The summed E-state index contributed by atoms with van der Waals surface area (Å²) in [6.07, 6.45) is 0. The molecular weight excluding hydrogens is 321 g/mol. The van der Waals surface area contributed by atoms with Crippen LogP contribution in [0.1, 0.15) is 0 Å². The zero-order chi connectivity index (χ0) is 4.50. The van der Waals surface area contributed by atoms with E-state index in [1.165, 1.54) is 0 Å². The molecular formula is H7BiO5S. The molecule has 0 fully saturated rings. The van der Waals surface area contributed by atoms with Crippen LogP contribution in [0.3, 0.4) is 0 Å². The standard InChI is InChI=1S/Bi.H2O4S.H2O.3H/c;1-5(2,3)4;;;;/h;(H2,1,2,3,4);1H2;;;. The van der Waals surface area contributed by atoms with Crippen molar-refractivity contribution in [1.29, 1.82) is 0 Å². The molecule has 0 aliphatic rings. The molecule has 4 N–H and O–H groups in total. The summed E-state index contributed by atoms with van der Waals surface area (Å²) in [5.74, 6) is 0. The minimum absolute atomic E-state index is 0. The van der Waals surface area contributed by atoms with Gasteiger partial charge in [-0.25, -0.2) is 0 Å². The van der Waals surface area contributed by atoms with Crippen molar-refractivity contribution >= 4 is 36.6 Å². The van der Waals surface area contributed by atoms with Crippen LogP contribution in [0.2, 0.25) is 0 Å². The van der Waals surface area contributed by atoms with Crippen LogP contribution >= 0.6 is 0 Å². The molecule has 0 rings (SSSR count). The van der Waals surface area contributed by atoms with E-state index in [2.05, 4.69) is 0 Å². The van der Waals surface area contributed by atoms with Gasteiger partial charge in [0, 0.05) is 0 Å². The third kappa shape index (κ3) is 293. The number of hydrogen-bond donors (Lipinski definition) is 2. The Labute approximate surface area is 59.7 Å². The quantitative estimate of drug-likeness (QED) is 0.374. The molecule has 0 aromatic rings. The maximum atomic E-state index is 8.74. The van der Waals surface area contributed by atoms with Crippen molar-refractivity contribution in [3.05, 3.63) is 0 Å². The summed E-state index contributed by atoms with van der Waals surface area (Å²) in [4.78, 5) is 0. The van der Waals surface area contributed by atoms with E-state index in [9.17, 15) is 0 Å². The molecule has 7 heteroatoms. The first-order valence-corrected chi connectivity index (χ1v) is 2.10. The molecule has 0 aliphatic heterocycles. The monoisotopic (exact) mass is 328 g/mol. The van der Waals surface area contributed by atoms with Crippen molar-refractivity contribution < 1.29 is 23.0 Å². The van der Waals surface area contributed by atoms with Gasteiger partial charge in [-0.05, 0) is 0 Å². The molecule has 0 bridgehead atoms. The first-order chi connectivity index (χ1) is 2.00. The van der Waals surface area contributed by atoms with Gasteiger partial charge in [-0.15, -0.1) is 0 Å². The second kappa shape index (κ2) is 4.86. The van der Waals surface area contributed by atoms with Crippen molar-refractivity contribution in [2.45, 2.75) is 0 Å². The summed E-state index contributed by atoms with van der Waals surface area (Å²) in [5.41, 5.74) is 0. The molecule has 7 heavy (non-hydrogen) atoms. The van der Waals surface area contributed by atoms with Crippen molar-refractivity contribution in [3.8, 4) is 0 Å². The van der Waals surface area contributed by atoms with E-state index in [0.717, 1.165) is 0 Å². The fourth-order valence-electron chi connectivity index (χ4n) is 0. The van der Waals surface area contributed by atoms with Crippen molar-refractivity contribution in [2.24, 2.45) is 0 Å². The molecule has 0 radical (unpaired) electrons. The van der Waals surface area contributed by atoms with Crippen LogP contribution in [-0.4, -0.2) is 49.2 Å². The zero-order valence-corrected chi connectivity index (χ0v) is 9.64. The molecule has 0 aliphatic carbocycles. The molecule has 0 spiro atoms. The fourth-order valence-corrected chi connectivity index (χ4v) is 0. The Hall–Kier alpha value is 0.713. The Bertz CT molecular complexity index is 91.2. The Balaban J connectivity index is -0.0000000800. The molecule has 0 amide bonds. The van der Waals surface area contributed by atoms with Crippen molar-refractivity contribution in [2.75, 3.05) is 0 Å². The average Bonchev–Trinajstić information content (AvgIpc) is 0.722. The third-order valence-electron chi connectivity index (χ3n) is 0. The molecule has 0 atom stereocenters. The number of rotatable bonds is 0. The third-order valence-corrected chi connectivity index (χ3v) is 0. The van der Waals surface area contributed by atoms with Crippen LogP contribution in [-0.2, 0) is 10.4 Å². The van der Waals surface area contributed by atoms with E-state index in [1.807, 2.05) is 0 Å². The molecule has 0 saturated heterocycles. The maximum absolute atomic E-state index is 8.74. The van der Waals surface area contributed by atoms with Gasteiger partial charge in [-0.1, -0.05) is 0 Å². The summed E-state index contributed by atoms with van der Waals surface area (Å²) in [7, 11) is -4.67. The van der Waals surface area contributed by atoms with Gasteiger partial charge in [-0.2, -0.15) is 8.42 Å². The van der Waals surface area contributed by atoms with Gasteiger partial charge in [0.05, 0.1) is 0 Å². The molecule has 0 aromatic heterocycles. The van der Waals surface area contributed by atoms with Crippen LogP contribution in [0.4, 0.5) is 0 Å². The van der Waals surface area contributed by atoms with Crippen LogP contribution in [0.15, 0.2) is 0 Å². The Kier molecular flexibility index (Phi) is 10.9. The van der Waals surface area contributed by atoms with Gasteiger partial charge in [0.1, 0.15) is 0 Å². The Morgan fingerprint density at radius 1 is 1.14 bits per heavy atom. The van der Waals surface area contributed by atoms with E-state index >= 15 is 0 Å². The molecule has 0 aromatic carbocycles. The van der Waals surface area contributed by atoms with E-state index in [1.54, 1.807) is 0 Å². The van der Waals surface area contributed by atoms with Crippen LogP contribution in [0.5, 0.6) is 0 Å². The summed E-state index contributed by atoms with van der Waals surface area (Å²) in [6, 6.07) is 0. The SMILES string of the molecule is O.O=S(=O)(O)O.[BiH3]. The predicted molar refractivity (Wildman–Crippen MR) is 27.7 cm³/mol. The molecule has 0 heterocycles. The second-order valence-corrected chi connectivity index (χ2v) is 1.34. The second-order valence-electron chi connectivity index (χ2n) is 0.448. The van der Waals surface area contributed by atoms with E-state index in [4.69, 9.17) is 17.5 Å². The summed E-state index contributed by atoms with van der Waals surface area (Å²) < 4.78 is 31.6. The summed E-state index contributed by atoms with van der Waals surface area (Å²) in [5, 5.41) is 0. The topological polar surface area (TPSA) is 106 Å². The van der Waals surface area contributed by atoms with Crippen LogP contribution in [0, 0.1) is 0 Å². The van der Waals surface area contributed by atoms with Gasteiger partial charge >= 0.3 is 36.6 Å². The molecule has 48 valence electrons. The molecule has 0 saturated carbocycles. The first kappa shape index (κ1) is 15.6. The normalized spacial score (nSPS) is 8.29. The number of hydrogen-bond acceptors (Lipinski definition) is 2. The zero-order valence-electron chi connectivity index (χ0n) is 3.33. The van der Waals surface area contributed by atoms with Gasteiger partial charge in [-0.3, -0.25) is 9.11 Å². The van der Waals surface area contributed by atoms with E-state index in [0.29, 0.717) is 0 Å². The first-order valence-electron chi connectivity index (χ1n) is 0.698.